The Kier molecular flexibility index (Phi) is 6.25. The summed E-state index contributed by atoms with van der Waals surface area (Å²) in [6, 6.07) is 11.9. The van der Waals surface area contributed by atoms with E-state index in [0.29, 0.717) is 19.6 Å². The van der Waals surface area contributed by atoms with Crippen LogP contribution in [-0.4, -0.2) is 45.7 Å². The van der Waals surface area contributed by atoms with E-state index < -0.39 is 0 Å². The van der Waals surface area contributed by atoms with Gasteiger partial charge in [0.2, 0.25) is 5.91 Å². The Bertz CT molecular complexity index is 898. The monoisotopic (exact) mass is 412 g/mol. The van der Waals surface area contributed by atoms with Gasteiger partial charge < -0.3 is 19.6 Å². The molecule has 29 heavy (non-hydrogen) atoms. The van der Waals surface area contributed by atoms with E-state index in [-0.39, 0.29) is 17.5 Å². The van der Waals surface area contributed by atoms with E-state index in [1.54, 1.807) is 11.8 Å². The lowest BCUT2D eigenvalue weighted by molar-refractivity contribution is -0.125. The number of carbonyl (C=O) groups is 1. The van der Waals surface area contributed by atoms with Crippen LogP contribution in [0.4, 0.5) is 0 Å². The molecule has 1 saturated heterocycles. The summed E-state index contributed by atoms with van der Waals surface area (Å²) in [7, 11) is 0. The summed E-state index contributed by atoms with van der Waals surface area (Å²) in [5.41, 5.74) is 1.71. The zero-order valence-electron chi connectivity index (χ0n) is 16.8. The van der Waals surface area contributed by atoms with E-state index in [4.69, 9.17) is 9.72 Å². The first kappa shape index (κ1) is 20.0. The van der Waals surface area contributed by atoms with Crippen LogP contribution in [0.1, 0.15) is 37.5 Å². The summed E-state index contributed by atoms with van der Waals surface area (Å²) in [6.45, 7) is 1.37. The summed E-state index contributed by atoms with van der Waals surface area (Å²) in [4.78, 5) is 21.3. The zero-order valence-corrected chi connectivity index (χ0v) is 17.6. The van der Waals surface area contributed by atoms with Crippen molar-refractivity contribution in [3.63, 3.8) is 0 Å². The molecule has 0 radical (unpaired) electrons. The van der Waals surface area contributed by atoms with E-state index >= 15 is 0 Å². The number of hydrogen-bond donors (Lipinski definition) is 2. The van der Waals surface area contributed by atoms with Gasteiger partial charge in [0, 0.05) is 25.6 Å². The second-order valence-electron chi connectivity index (χ2n) is 7.64. The van der Waals surface area contributed by atoms with Gasteiger partial charge in [-0.15, -0.1) is 0 Å². The number of ether oxygens (including phenoxy) is 1. The fourth-order valence-electron chi connectivity index (χ4n) is 4.12. The van der Waals surface area contributed by atoms with Crippen molar-refractivity contribution < 1.29 is 9.53 Å². The van der Waals surface area contributed by atoms with Gasteiger partial charge >= 0.3 is 0 Å². The molecule has 0 unspecified atom stereocenters. The highest BCUT2D eigenvalue weighted by molar-refractivity contribution is 7.98. The number of aromatic amines is 1. The number of benzene rings is 1. The molecule has 2 aromatic heterocycles. The van der Waals surface area contributed by atoms with Gasteiger partial charge in [-0.3, -0.25) is 4.79 Å². The second-order valence-corrected chi connectivity index (χ2v) is 8.63. The Hall–Kier alpha value is -2.25. The minimum atomic E-state index is -0.218. The van der Waals surface area contributed by atoms with Crippen molar-refractivity contribution in [1.82, 2.24) is 19.9 Å². The van der Waals surface area contributed by atoms with Crippen LogP contribution in [-0.2, 0) is 15.1 Å². The Morgan fingerprint density at radius 1 is 1.28 bits per heavy atom. The van der Waals surface area contributed by atoms with Crippen molar-refractivity contribution >= 4 is 28.7 Å². The maximum absolute atomic E-state index is 13.2. The minimum absolute atomic E-state index is 0.0622. The van der Waals surface area contributed by atoms with Crippen molar-refractivity contribution in [3.05, 3.63) is 54.6 Å². The SMILES string of the molecule is CSCC[C@@H](NC(=O)CC1(n2cccc2)CCOCC1)c1nc2ccccc2[nH]1. The quantitative estimate of drug-likeness (QED) is 0.589. The Labute approximate surface area is 175 Å². The lowest BCUT2D eigenvalue weighted by atomic mass is 9.85. The summed E-state index contributed by atoms with van der Waals surface area (Å²) in [6.07, 6.45) is 9.17. The minimum Gasteiger partial charge on any atom is -0.381 e. The molecule has 1 fully saturated rings. The molecule has 0 bridgehead atoms. The first-order chi connectivity index (χ1) is 14.2. The number of thioether (sulfide) groups is 1. The van der Waals surface area contributed by atoms with E-state index in [2.05, 4.69) is 33.5 Å². The normalized spacial score (nSPS) is 17.3. The molecule has 1 aromatic carbocycles. The molecule has 1 atom stereocenters. The molecule has 0 aliphatic carbocycles. The third-order valence-electron chi connectivity index (χ3n) is 5.75. The summed E-state index contributed by atoms with van der Waals surface area (Å²) < 4.78 is 7.77. The number of nitrogens with one attached hydrogen (secondary N) is 2. The van der Waals surface area contributed by atoms with Gasteiger partial charge in [-0.1, -0.05) is 12.1 Å². The molecule has 7 heteroatoms. The highest BCUT2D eigenvalue weighted by Crippen LogP contribution is 2.33. The van der Waals surface area contributed by atoms with Gasteiger partial charge in [-0.2, -0.15) is 11.8 Å². The smallest absolute Gasteiger partial charge is 0.222 e. The first-order valence-corrected chi connectivity index (χ1v) is 11.5. The molecule has 6 nitrogen and oxygen atoms in total. The molecule has 1 amide bonds. The molecule has 2 N–H and O–H groups in total. The molecular formula is C22H28N4O2S. The van der Waals surface area contributed by atoms with E-state index in [1.807, 2.05) is 36.4 Å². The molecule has 3 aromatic rings. The number of nitrogens with zero attached hydrogens (tertiary/aromatic N) is 2. The predicted octanol–water partition coefficient (Wildman–Crippen LogP) is 3.87. The molecule has 154 valence electrons. The van der Waals surface area contributed by atoms with Crippen LogP contribution in [0.2, 0.25) is 0 Å². The third kappa shape index (κ3) is 4.51. The largest absolute Gasteiger partial charge is 0.381 e. The number of carbonyl (C=O) groups excluding carboxylic acids is 1. The van der Waals surface area contributed by atoms with Crippen LogP contribution in [0.25, 0.3) is 11.0 Å². The van der Waals surface area contributed by atoms with Gasteiger partial charge in [0.05, 0.1) is 29.0 Å². The van der Waals surface area contributed by atoms with Crippen LogP contribution in [0.15, 0.2) is 48.8 Å². The Morgan fingerprint density at radius 2 is 2.03 bits per heavy atom. The van der Waals surface area contributed by atoms with Crippen LogP contribution in [0.5, 0.6) is 0 Å². The number of H-pyrrole nitrogens is 1. The molecular weight excluding hydrogens is 384 g/mol. The Balaban J connectivity index is 1.52. The van der Waals surface area contributed by atoms with Crippen LogP contribution < -0.4 is 5.32 Å². The number of para-hydroxylation sites is 2. The van der Waals surface area contributed by atoms with Crippen LogP contribution in [0, 0.1) is 0 Å². The number of fused-ring (bicyclic) bond motifs is 1. The summed E-state index contributed by atoms with van der Waals surface area (Å²) in [5, 5.41) is 3.26. The number of hydrogen-bond acceptors (Lipinski definition) is 4. The van der Waals surface area contributed by atoms with Gasteiger partial charge in [0.25, 0.3) is 0 Å². The van der Waals surface area contributed by atoms with Crippen molar-refractivity contribution in [1.29, 1.82) is 0 Å². The van der Waals surface area contributed by atoms with Crippen molar-refractivity contribution in [2.45, 2.75) is 37.3 Å². The average molecular weight is 413 g/mol. The van der Waals surface area contributed by atoms with Gasteiger partial charge in [-0.25, -0.2) is 4.98 Å². The highest BCUT2D eigenvalue weighted by atomic mass is 32.2. The maximum atomic E-state index is 13.2. The zero-order chi connectivity index (χ0) is 20.1. The highest BCUT2D eigenvalue weighted by Gasteiger charge is 2.36. The number of imidazole rings is 1. The molecule has 0 spiro atoms. The number of aromatic nitrogens is 3. The molecule has 3 heterocycles. The topological polar surface area (TPSA) is 71.9 Å². The fraction of sp³-hybridized carbons (Fsp3) is 0.455. The van der Waals surface area contributed by atoms with Crippen molar-refractivity contribution in [3.8, 4) is 0 Å². The third-order valence-corrected chi connectivity index (χ3v) is 6.39. The molecule has 0 saturated carbocycles. The molecule has 1 aliphatic rings. The number of amides is 1. The predicted molar refractivity (Wildman–Crippen MR) is 117 cm³/mol. The first-order valence-electron chi connectivity index (χ1n) is 10.1. The summed E-state index contributed by atoms with van der Waals surface area (Å²) >= 11 is 1.78. The lowest BCUT2D eigenvalue weighted by Gasteiger charge is -2.38. The number of rotatable bonds is 8. The van der Waals surface area contributed by atoms with Crippen molar-refractivity contribution in [2.75, 3.05) is 25.2 Å². The van der Waals surface area contributed by atoms with Gasteiger partial charge in [0.15, 0.2) is 0 Å². The Morgan fingerprint density at radius 3 is 2.76 bits per heavy atom. The van der Waals surface area contributed by atoms with E-state index in [0.717, 1.165) is 41.9 Å². The van der Waals surface area contributed by atoms with E-state index in [1.165, 1.54) is 0 Å². The lowest BCUT2D eigenvalue weighted by Crippen LogP contribution is -2.44. The standard InChI is InChI=1S/C22H28N4O2S/c1-29-15-8-19(21-24-17-6-2-3-7-18(17)25-21)23-20(27)16-22(9-13-28-14-10-22)26-11-4-5-12-26/h2-7,11-12,19H,8-10,13-16H2,1H3,(H,23,27)(H,24,25)/t19-/m1/s1. The van der Waals surface area contributed by atoms with Crippen LogP contribution >= 0.6 is 11.8 Å². The maximum Gasteiger partial charge on any atom is 0.222 e. The second kappa shape index (κ2) is 9.05. The van der Waals surface area contributed by atoms with Gasteiger partial charge in [0.1, 0.15) is 5.82 Å². The van der Waals surface area contributed by atoms with Crippen LogP contribution in [0.3, 0.4) is 0 Å². The van der Waals surface area contributed by atoms with Crippen molar-refractivity contribution in [2.24, 2.45) is 0 Å². The fourth-order valence-corrected chi connectivity index (χ4v) is 4.59. The average Bonchev–Trinajstić information content (AvgIpc) is 3.42. The van der Waals surface area contributed by atoms with Gasteiger partial charge in [-0.05, 0) is 55.5 Å². The molecule has 4 rings (SSSR count). The molecule has 1 aliphatic heterocycles. The van der Waals surface area contributed by atoms with E-state index in [9.17, 15) is 4.79 Å². The summed E-state index contributed by atoms with van der Waals surface area (Å²) in [5.74, 6) is 1.85.